The molecule has 0 amide bonds. The predicted molar refractivity (Wildman–Crippen MR) is 113 cm³/mol. The van der Waals surface area contributed by atoms with Crippen LogP contribution < -0.4 is 11.2 Å². The zero-order chi connectivity index (χ0) is 21.4. The van der Waals surface area contributed by atoms with Crippen LogP contribution in [0, 0.1) is 11.7 Å². The number of nitrogens with zero attached hydrogens (tertiary/aromatic N) is 1. The number of aromatic nitrogens is 1. The number of carbonyl (C=O) groups excluding carboxylic acids is 1. The number of hydrogen-bond acceptors (Lipinski definition) is 6. The van der Waals surface area contributed by atoms with Crippen LogP contribution in [-0.4, -0.2) is 41.4 Å². The van der Waals surface area contributed by atoms with Gasteiger partial charge in [0.05, 0.1) is 11.2 Å². The van der Waals surface area contributed by atoms with E-state index in [1.165, 1.54) is 12.1 Å². The molecule has 0 bridgehead atoms. The van der Waals surface area contributed by atoms with Gasteiger partial charge in [0.1, 0.15) is 11.9 Å². The molecule has 8 heteroatoms. The lowest BCUT2D eigenvalue weighted by molar-refractivity contribution is 0.0214. The third-order valence-corrected chi connectivity index (χ3v) is 5.93. The van der Waals surface area contributed by atoms with Crippen molar-refractivity contribution in [3.05, 3.63) is 76.0 Å². The van der Waals surface area contributed by atoms with Gasteiger partial charge in [0.25, 0.3) is 0 Å². The Morgan fingerprint density at radius 1 is 1.13 bits per heavy atom. The SMILES string of the molecule is O=C(c1ccc(F)cc1)C1CCN(CC2C=C(c3ccc4[nH]c(=O)oc4c3)NO2)CC1. The molecule has 1 saturated heterocycles. The molecule has 3 heterocycles. The maximum absolute atomic E-state index is 13.1. The van der Waals surface area contributed by atoms with Crippen LogP contribution in [0.2, 0.25) is 0 Å². The molecule has 0 spiro atoms. The van der Waals surface area contributed by atoms with Gasteiger partial charge in [-0.15, -0.1) is 0 Å². The molecule has 5 rings (SSSR count). The third-order valence-electron chi connectivity index (χ3n) is 5.93. The van der Waals surface area contributed by atoms with Crippen LogP contribution in [0.1, 0.15) is 28.8 Å². The van der Waals surface area contributed by atoms with Gasteiger partial charge in [-0.2, -0.15) is 0 Å². The summed E-state index contributed by atoms with van der Waals surface area (Å²) < 4.78 is 18.2. The molecule has 0 aliphatic carbocycles. The summed E-state index contributed by atoms with van der Waals surface area (Å²) in [4.78, 5) is 34.6. The predicted octanol–water partition coefficient (Wildman–Crippen LogP) is 3.10. The van der Waals surface area contributed by atoms with Crippen molar-refractivity contribution in [2.45, 2.75) is 18.9 Å². The summed E-state index contributed by atoms with van der Waals surface area (Å²) in [6, 6.07) is 11.3. The van der Waals surface area contributed by atoms with E-state index in [1.54, 1.807) is 24.3 Å². The lowest BCUT2D eigenvalue weighted by Crippen LogP contribution is -2.40. The monoisotopic (exact) mass is 423 g/mol. The van der Waals surface area contributed by atoms with Crippen molar-refractivity contribution in [2.75, 3.05) is 19.6 Å². The molecule has 7 nitrogen and oxygen atoms in total. The van der Waals surface area contributed by atoms with E-state index in [9.17, 15) is 14.0 Å². The molecule has 3 aromatic rings. The Kier molecular flexibility index (Phi) is 5.17. The summed E-state index contributed by atoms with van der Waals surface area (Å²) in [6.07, 6.45) is 3.45. The van der Waals surface area contributed by atoms with Crippen molar-refractivity contribution in [2.24, 2.45) is 5.92 Å². The third kappa shape index (κ3) is 4.17. The minimum Gasteiger partial charge on any atom is -0.408 e. The first-order chi connectivity index (χ1) is 15.0. The highest BCUT2D eigenvalue weighted by Gasteiger charge is 2.28. The highest BCUT2D eigenvalue weighted by molar-refractivity contribution is 5.97. The number of rotatable bonds is 5. The minimum atomic E-state index is -0.476. The molecule has 1 atom stereocenters. The maximum atomic E-state index is 13.1. The van der Waals surface area contributed by atoms with Gasteiger partial charge in [-0.05, 0) is 68.4 Å². The molecule has 0 saturated carbocycles. The molecule has 1 aromatic heterocycles. The van der Waals surface area contributed by atoms with Gasteiger partial charge >= 0.3 is 5.76 Å². The molecule has 1 unspecified atom stereocenters. The van der Waals surface area contributed by atoms with E-state index in [0.717, 1.165) is 43.7 Å². The largest absolute Gasteiger partial charge is 0.417 e. The lowest BCUT2D eigenvalue weighted by Gasteiger charge is -2.32. The number of likely N-dealkylation sites (tertiary alicyclic amines) is 1. The van der Waals surface area contributed by atoms with Crippen molar-refractivity contribution >= 4 is 22.6 Å². The van der Waals surface area contributed by atoms with E-state index in [1.807, 2.05) is 12.1 Å². The number of oxazole rings is 1. The van der Waals surface area contributed by atoms with Crippen molar-refractivity contribution in [3.8, 4) is 0 Å². The van der Waals surface area contributed by atoms with Gasteiger partial charge in [0, 0.05) is 23.6 Å². The molecule has 2 aromatic carbocycles. The van der Waals surface area contributed by atoms with Crippen LogP contribution in [0.5, 0.6) is 0 Å². The highest BCUT2D eigenvalue weighted by Crippen LogP contribution is 2.25. The van der Waals surface area contributed by atoms with Gasteiger partial charge in [-0.3, -0.25) is 20.1 Å². The topological polar surface area (TPSA) is 87.6 Å². The van der Waals surface area contributed by atoms with Crippen LogP contribution >= 0.6 is 0 Å². The van der Waals surface area contributed by atoms with E-state index in [4.69, 9.17) is 9.25 Å². The molecule has 31 heavy (non-hydrogen) atoms. The average molecular weight is 423 g/mol. The number of ketones is 1. The number of aromatic amines is 1. The quantitative estimate of drug-likeness (QED) is 0.614. The number of carbonyl (C=O) groups is 1. The Balaban J connectivity index is 1.18. The van der Waals surface area contributed by atoms with Crippen molar-refractivity contribution in [1.82, 2.24) is 15.4 Å². The minimum absolute atomic E-state index is 0.0295. The fraction of sp³-hybridized carbons (Fsp3) is 0.304. The zero-order valence-electron chi connectivity index (χ0n) is 16.8. The lowest BCUT2D eigenvalue weighted by atomic mass is 9.89. The van der Waals surface area contributed by atoms with E-state index in [2.05, 4.69) is 15.4 Å². The molecule has 0 radical (unpaired) electrons. The normalized spacial score (nSPS) is 20.0. The van der Waals surface area contributed by atoms with Gasteiger partial charge in [-0.25, -0.2) is 9.18 Å². The first kappa shape index (κ1) is 19.7. The van der Waals surface area contributed by atoms with Gasteiger partial charge in [0.15, 0.2) is 11.4 Å². The van der Waals surface area contributed by atoms with E-state index in [0.29, 0.717) is 16.7 Å². The van der Waals surface area contributed by atoms with E-state index < -0.39 is 5.76 Å². The van der Waals surface area contributed by atoms with Crippen LogP contribution in [0.15, 0.2) is 57.8 Å². The smallest absolute Gasteiger partial charge is 0.408 e. The number of fused-ring (bicyclic) bond motifs is 1. The second kappa shape index (κ2) is 8.13. The number of nitrogens with one attached hydrogen (secondary N) is 2. The summed E-state index contributed by atoms with van der Waals surface area (Å²) in [5, 5.41) is 0. The molecule has 2 aliphatic rings. The Morgan fingerprint density at radius 2 is 1.90 bits per heavy atom. The molecular weight excluding hydrogens is 401 g/mol. The molecule has 1 fully saturated rings. The van der Waals surface area contributed by atoms with Crippen molar-refractivity contribution < 1.29 is 18.4 Å². The standard InChI is InChI=1S/C23H22FN3O4/c24-17-4-1-14(2-5-17)22(28)15-7-9-27(10-8-15)13-18-12-20(26-31-18)16-3-6-19-21(11-16)30-23(29)25-19/h1-6,11-12,15,18,26H,7-10,13H2,(H,25,29). The number of benzene rings is 2. The molecule has 2 N–H and O–H groups in total. The second-order valence-electron chi connectivity index (χ2n) is 8.01. The number of Topliss-reactive ketones (excluding diaryl/α,β-unsaturated/α-hetero) is 1. The summed E-state index contributed by atoms with van der Waals surface area (Å²) in [5.74, 6) is -0.747. The van der Waals surface area contributed by atoms with Crippen molar-refractivity contribution in [1.29, 1.82) is 0 Å². The molecular formula is C23H22FN3O4. The number of H-pyrrole nitrogens is 1. The summed E-state index contributed by atoms with van der Waals surface area (Å²) in [6.45, 7) is 2.33. The number of halogens is 1. The number of hydrogen-bond donors (Lipinski definition) is 2. The Labute approximate surface area is 177 Å². The first-order valence-electron chi connectivity index (χ1n) is 10.3. The average Bonchev–Trinajstić information content (AvgIpc) is 3.39. The van der Waals surface area contributed by atoms with Crippen molar-refractivity contribution in [3.63, 3.8) is 0 Å². The van der Waals surface area contributed by atoms with Gasteiger partial charge in [-0.1, -0.05) is 6.07 Å². The zero-order valence-corrected chi connectivity index (χ0v) is 16.8. The number of piperidine rings is 1. The molecule has 160 valence electrons. The fourth-order valence-electron chi connectivity index (χ4n) is 4.23. The summed E-state index contributed by atoms with van der Waals surface area (Å²) >= 11 is 0. The maximum Gasteiger partial charge on any atom is 0.417 e. The van der Waals surface area contributed by atoms with Crippen LogP contribution in [-0.2, 0) is 4.84 Å². The second-order valence-corrected chi connectivity index (χ2v) is 8.01. The van der Waals surface area contributed by atoms with Gasteiger partial charge in [0.2, 0.25) is 0 Å². The van der Waals surface area contributed by atoms with Crippen LogP contribution in [0.25, 0.3) is 16.8 Å². The van der Waals surface area contributed by atoms with E-state index in [-0.39, 0.29) is 23.6 Å². The Morgan fingerprint density at radius 3 is 2.68 bits per heavy atom. The van der Waals surface area contributed by atoms with Crippen LogP contribution in [0.4, 0.5) is 4.39 Å². The first-order valence-corrected chi connectivity index (χ1v) is 10.3. The Hall–Kier alpha value is -3.23. The number of hydroxylamine groups is 1. The summed E-state index contributed by atoms with van der Waals surface area (Å²) in [5.41, 5.74) is 6.40. The summed E-state index contributed by atoms with van der Waals surface area (Å²) in [7, 11) is 0. The van der Waals surface area contributed by atoms with Gasteiger partial charge < -0.3 is 9.32 Å². The molecule has 2 aliphatic heterocycles. The fourth-order valence-corrected chi connectivity index (χ4v) is 4.23. The highest BCUT2D eigenvalue weighted by atomic mass is 19.1. The van der Waals surface area contributed by atoms with E-state index >= 15 is 0 Å². The van der Waals surface area contributed by atoms with Crippen LogP contribution in [0.3, 0.4) is 0 Å². The Bertz CT molecular complexity index is 1190.